The first-order valence-electron chi connectivity index (χ1n) is 6.44. The van der Waals surface area contributed by atoms with Crippen molar-refractivity contribution >= 4 is 23.4 Å². The van der Waals surface area contributed by atoms with E-state index in [1.807, 2.05) is 11.5 Å². The lowest BCUT2D eigenvalue weighted by Crippen LogP contribution is -2.15. The molecule has 2 aromatic rings. The molecule has 0 radical (unpaired) electrons. The molecule has 0 fully saturated rings. The Kier molecular flexibility index (Phi) is 5.29. The van der Waals surface area contributed by atoms with Gasteiger partial charge in [0.2, 0.25) is 5.91 Å². The number of nitrogens with two attached hydrogens (primary N) is 1. The lowest BCUT2D eigenvalue weighted by Gasteiger charge is -2.06. The zero-order valence-electron chi connectivity index (χ0n) is 11.5. The van der Waals surface area contributed by atoms with Gasteiger partial charge >= 0.3 is 0 Å². The predicted molar refractivity (Wildman–Crippen MR) is 79.3 cm³/mol. The van der Waals surface area contributed by atoms with Crippen molar-refractivity contribution in [3.63, 3.8) is 0 Å². The van der Waals surface area contributed by atoms with Crippen molar-refractivity contribution in [3.05, 3.63) is 35.9 Å². The Labute approximate surface area is 125 Å². The predicted octanol–water partition coefficient (Wildman–Crippen LogP) is 1.63. The van der Waals surface area contributed by atoms with Crippen LogP contribution in [0, 0.1) is 5.82 Å². The van der Waals surface area contributed by atoms with Crippen molar-refractivity contribution in [1.29, 1.82) is 0 Å². The summed E-state index contributed by atoms with van der Waals surface area (Å²) < 4.78 is 14.6. The third kappa shape index (κ3) is 4.02. The molecule has 1 aromatic carbocycles. The second-order valence-electron chi connectivity index (χ2n) is 4.19. The standard InChI is InChI=1S/C13H16FN5OS/c1-2-19-11(7-15)17-18-13(19)21-8-12(20)16-10-5-3-9(14)4-6-10/h3-6H,2,7-8,15H2,1H3,(H,16,20). The number of hydrogen-bond donors (Lipinski definition) is 2. The minimum Gasteiger partial charge on any atom is -0.325 e. The number of thioether (sulfide) groups is 1. The molecule has 8 heteroatoms. The Hall–Kier alpha value is -1.93. The number of aromatic nitrogens is 3. The van der Waals surface area contributed by atoms with E-state index in [4.69, 9.17) is 5.73 Å². The van der Waals surface area contributed by atoms with Crippen molar-refractivity contribution in [2.24, 2.45) is 5.73 Å². The van der Waals surface area contributed by atoms with E-state index in [0.717, 1.165) is 0 Å². The normalized spacial score (nSPS) is 10.6. The first-order valence-corrected chi connectivity index (χ1v) is 7.43. The second kappa shape index (κ2) is 7.19. The number of anilines is 1. The number of amides is 1. The van der Waals surface area contributed by atoms with Gasteiger partial charge in [-0.1, -0.05) is 11.8 Å². The van der Waals surface area contributed by atoms with Crippen molar-refractivity contribution < 1.29 is 9.18 Å². The minimum absolute atomic E-state index is 0.188. The number of carbonyl (C=O) groups excluding carboxylic acids is 1. The van der Waals surface area contributed by atoms with E-state index < -0.39 is 0 Å². The molecule has 6 nitrogen and oxygen atoms in total. The van der Waals surface area contributed by atoms with Crippen molar-refractivity contribution in [2.45, 2.75) is 25.2 Å². The van der Waals surface area contributed by atoms with E-state index in [-0.39, 0.29) is 17.5 Å². The highest BCUT2D eigenvalue weighted by Gasteiger charge is 2.12. The van der Waals surface area contributed by atoms with Crippen LogP contribution in [0.3, 0.4) is 0 Å². The average Bonchev–Trinajstić information content (AvgIpc) is 2.89. The third-order valence-electron chi connectivity index (χ3n) is 2.75. The van der Waals surface area contributed by atoms with Crippen LogP contribution in [0.15, 0.2) is 29.4 Å². The van der Waals surface area contributed by atoms with Gasteiger partial charge in [-0.2, -0.15) is 0 Å². The Bertz CT molecular complexity index is 614. The Morgan fingerprint density at radius 1 is 1.38 bits per heavy atom. The van der Waals surface area contributed by atoms with Crippen LogP contribution in [0.5, 0.6) is 0 Å². The third-order valence-corrected chi connectivity index (χ3v) is 3.72. The van der Waals surface area contributed by atoms with Crippen LogP contribution >= 0.6 is 11.8 Å². The fourth-order valence-corrected chi connectivity index (χ4v) is 2.58. The Morgan fingerprint density at radius 2 is 2.10 bits per heavy atom. The van der Waals surface area contributed by atoms with Gasteiger partial charge in [0.25, 0.3) is 0 Å². The van der Waals surface area contributed by atoms with Crippen LogP contribution in [-0.4, -0.2) is 26.4 Å². The molecule has 0 spiro atoms. The van der Waals surface area contributed by atoms with E-state index in [0.29, 0.717) is 29.8 Å². The van der Waals surface area contributed by atoms with E-state index in [2.05, 4.69) is 15.5 Å². The summed E-state index contributed by atoms with van der Waals surface area (Å²) in [7, 11) is 0. The van der Waals surface area contributed by atoms with Gasteiger partial charge in [-0.15, -0.1) is 10.2 Å². The number of halogens is 1. The monoisotopic (exact) mass is 309 g/mol. The van der Waals surface area contributed by atoms with E-state index in [9.17, 15) is 9.18 Å². The number of benzene rings is 1. The molecule has 0 atom stereocenters. The highest BCUT2D eigenvalue weighted by molar-refractivity contribution is 7.99. The number of nitrogens with one attached hydrogen (secondary N) is 1. The molecule has 0 saturated heterocycles. The minimum atomic E-state index is -0.340. The zero-order chi connectivity index (χ0) is 15.2. The lowest BCUT2D eigenvalue weighted by atomic mass is 10.3. The average molecular weight is 309 g/mol. The summed E-state index contributed by atoms with van der Waals surface area (Å²) in [4.78, 5) is 11.8. The molecule has 1 aromatic heterocycles. The highest BCUT2D eigenvalue weighted by Crippen LogP contribution is 2.17. The maximum atomic E-state index is 12.8. The summed E-state index contributed by atoms with van der Waals surface area (Å²) in [6.07, 6.45) is 0. The number of rotatable bonds is 6. The largest absolute Gasteiger partial charge is 0.325 e. The fraction of sp³-hybridized carbons (Fsp3) is 0.308. The van der Waals surface area contributed by atoms with Gasteiger partial charge in [-0.25, -0.2) is 4.39 Å². The first kappa shape index (κ1) is 15.5. The SMILES string of the molecule is CCn1c(CN)nnc1SCC(=O)Nc1ccc(F)cc1. The number of hydrogen-bond acceptors (Lipinski definition) is 5. The quantitative estimate of drug-likeness (QED) is 0.792. The Morgan fingerprint density at radius 3 is 2.71 bits per heavy atom. The molecule has 0 aliphatic carbocycles. The van der Waals surface area contributed by atoms with Crippen molar-refractivity contribution in [2.75, 3.05) is 11.1 Å². The molecular formula is C13H16FN5OS. The molecule has 112 valence electrons. The van der Waals surface area contributed by atoms with E-state index in [1.54, 1.807) is 0 Å². The van der Waals surface area contributed by atoms with Crippen LogP contribution in [0.1, 0.15) is 12.7 Å². The van der Waals surface area contributed by atoms with Gasteiger partial charge < -0.3 is 15.6 Å². The molecule has 0 aliphatic rings. The Balaban J connectivity index is 1.92. The van der Waals surface area contributed by atoms with Crippen LogP contribution < -0.4 is 11.1 Å². The number of carbonyl (C=O) groups is 1. The molecule has 0 bridgehead atoms. The van der Waals surface area contributed by atoms with Crippen LogP contribution in [0.2, 0.25) is 0 Å². The van der Waals surface area contributed by atoms with Gasteiger partial charge in [0, 0.05) is 12.2 Å². The molecule has 0 aliphatic heterocycles. The number of nitrogens with zero attached hydrogens (tertiary/aromatic N) is 3. The molecule has 21 heavy (non-hydrogen) atoms. The summed E-state index contributed by atoms with van der Waals surface area (Å²) in [5, 5.41) is 11.3. The fourth-order valence-electron chi connectivity index (χ4n) is 1.75. The smallest absolute Gasteiger partial charge is 0.234 e. The summed E-state index contributed by atoms with van der Waals surface area (Å²) in [5.74, 6) is 0.360. The topological polar surface area (TPSA) is 85.8 Å². The van der Waals surface area contributed by atoms with Gasteiger partial charge in [-0.05, 0) is 31.2 Å². The first-order chi connectivity index (χ1) is 10.1. The second-order valence-corrected chi connectivity index (χ2v) is 5.13. The van der Waals surface area contributed by atoms with Crippen molar-refractivity contribution in [1.82, 2.24) is 14.8 Å². The molecule has 1 heterocycles. The molecule has 3 N–H and O–H groups in total. The summed E-state index contributed by atoms with van der Waals surface area (Å²) in [6.45, 7) is 2.97. The zero-order valence-corrected chi connectivity index (χ0v) is 12.4. The van der Waals surface area contributed by atoms with Crippen LogP contribution in [0.25, 0.3) is 0 Å². The van der Waals surface area contributed by atoms with Gasteiger partial charge in [0.15, 0.2) is 5.16 Å². The summed E-state index contributed by atoms with van der Waals surface area (Å²) >= 11 is 1.29. The summed E-state index contributed by atoms with van der Waals surface area (Å²) in [5.41, 5.74) is 6.12. The van der Waals surface area contributed by atoms with Gasteiger partial charge in [0.1, 0.15) is 11.6 Å². The molecule has 0 saturated carbocycles. The molecule has 0 unspecified atom stereocenters. The van der Waals surface area contributed by atoms with Crippen molar-refractivity contribution in [3.8, 4) is 0 Å². The highest BCUT2D eigenvalue weighted by atomic mass is 32.2. The summed E-state index contributed by atoms with van der Waals surface area (Å²) in [6, 6.07) is 5.62. The molecule has 1 amide bonds. The van der Waals surface area contributed by atoms with Crippen LogP contribution in [-0.2, 0) is 17.9 Å². The van der Waals surface area contributed by atoms with Gasteiger partial charge in [0.05, 0.1) is 12.3 Å². The van der Waals surface area contributed by atoms with Crippen LogP contribution in [0.4, 0.5) is 10.1 Å². The molecule has 2 rings (SSSR count). The maximum absolute atomic E-state index is 12.8. The van der Waals surface area contributed by atoms with Gasteiger partial charge in [-0.3, -0.25) is 4.79 Å². The van der Waals surface area contributed by atoms with E-state index in [1.165, 1.54) is 36.0 Å². The van der Waals surface area contributed by atoms with E-state index >= 15 is 0 Å². The maximum Gasteiger partial charge on any atom is 0.234 e. The molecular weight excluding hydrogens is 293 g/mol. The lowest BCUT2D eigenvalue weighted by molar-refractivity contribution is -0.113.